The van der Waals surface area contributed by atoms with Gasteiger partial charge >= 0.3 is 0 Å². The number of rotatable bonds is 4. The molecule has 0 amide bonds. The number of hydrogen-bond donors (Lipinski definition) is 1. The Hall–Kier alpha value is -0.920. The Morgan fingerprint density at radius 3 is 2.95 bits per heavy atom. The van der Waals surface area contributed by atoms with E-state index in [1.807, 2.05) is 0 Å². The van der Waals surface area contributed by atoms with Gasteiger partial charge < -0.3 is 10.2 Å². The minimum absolute atomic E-state index is 0.421. The third-order valence-electron chi connectivity index (χ3n) is 3.65. The van der Waals surface area contributed by atoms with Crippen LogP contribution in [0.15, 0.2) is 16.7 Å². The van der Waals surface area contributed by atoms with E-state index in [9.17, 15) is 4.39 Å². The van der Waals surface area contributed by atoms with Gasteiger partial charge in [0.2, 0.25) is 0 Å². The van der Waals surface area contributed by atoms with E-state index in [0.717, 1.165) is 36.5 Å². The average molecular weight is 377 g/mol. The highest BCUT2D eigenvalue weighted by atomic mass is 79.9. The van der Waals surface area contributed by atoms with Gasteiger partial charge in [-0.25, -0.2) is 9.37 Å². The number of nitrogens with one attached hydrogen (secondary N) is 1. The molecule has 0 radical (unpaired) electrons. The zero-order chi connectivity index (χ0) is 14.8. The van der Waals surface area contributed by atoms with Crippen molar-refractivity contribution in [3.8, 4) is 0 Å². The fourth-order valence-electron chi connectivity index (χ4n) is 2.50. The summed E-state index contributed by atoms with van der Waals surface area (Å²) in [6.07, 6.45) is 2.33. The largest absolute Gasteiger partial charge is 0.369 e. The number of alkyl halides is 1. The Bertz CT molecular complexity index is 626. The van der Waals surface area contributed by atoms with Crippen LogP contribution in [0.1, 0.15) is 12.8 Å². The monoisotopic (exact) mass is 375 g/mol. The van der Waals surface area contributed by atoms with Crippen LogP contribution in [-0.4, -0.2) is 51.8 Å². The van der Waals surface area contributed by atoms with Crippen molar-refractivity contribution in [3.05, 3.63) is 21.9 Å². The summed E-state index contributed by atoms with van der Waals surface area (Å²) in [5.41, 5.74) is 0.684. The Balaban J connectivity index is 1.63. The molecule has 0 atom stereocenters. The van der Waals surface area contributed by atoms with Crippen LogP contribution in [0.2, 0.25) is 5.15 Å². The summed E-state index contributed by atoms with van der Waals surface area (Å²) in [7, 11) is 0. The van der Waals surface area contributed by atoms with E-state index in [4.69, 9.17) is 11.6 Å². The molecule has 0 saturated carbocycles. The molecule has 1 aliphatic heterocycles. The topological polar surface area (TPSA) is 45.5 Å². The fraction of sp³-hybridized carbons (Fsp3) is 0.538. The Kier molecular flexibility index (Phi) is 4.61. The molecule has 3 heterocycles. The van der Waals surface area contributed by atoms with Crippen LogP contribution in [0.25, 0.3) is 5.65 Å². The summed E-state index contributed by atoms with van der Waals surface area (Å²) in [6.45, 7) is 3.27. The normalized spacial score (nSPS) is 17.5. The number of likely N-dealkylation sites (tertiary alicyclic amines) is 1. The van der Waals surface area contributed by atoms with Gasteiger partial charge in [-0.2, -0.15) is 9.61 Å². The Morgan fingerprint density at radius 2 is 2.19 bits per heavy atom. The molecule has 0 spiro atoms. The number of anilines is 1. The SMILES string of the molecule is FC1CCN(CCNc2cc(Cl)nc3c(Br)cnn23)CC1. The summed E-state index contributed by atoms with van der Waals surface area (Å²) >= 11 is 9.43. The van der Waals surface area contributed by atoms with Gasteiger partial charge in [0.1, 0.15) is 17.1 Å². The van der Waals surface area contributed by atoms with E-state index in [1.54, 1.807) is 16.8 Å². The number of halogens is 3. The molecule has 0 aromatic carbocycles. The molecule has 5 nitrogen and oxygen atoms in total. The van der Waals surface area contributed by atoms with Gasteiger partial charge in [0.25, 0.3) is 0 Å². The standard InChI is InChI=1S/C13H16BrClFN5/c14-10-8-18-21-12(7-11(15)19-13(10)21)17-3-6-20-4-1-9(16)2-5-20/h7-9,17H,1-6H2. The van der Waals surface area contributed by atoms with Crippen molar-refractivity contribution in [2.24, 2.45) is 0 Å². The number of piperidine rings is 1. The highest BCUT2D eigenvalue weighted by molar-refractivity contribution is 9.10. The van der Waals surface area contributed by atoms with Crippen molar-refractivity contribution < 1.29 is 4.39 Å². The summed E-state index contributed by atoms with van der Waals surface area (Å²) < 4.78 is 15.6. The lowest BCUT2D eigenvalue weighted by Crippen LogP contribution is -2.37. The zero-order valence-electron chi connectivity index (χ0n) is 11.4. The molecule has 2 aromatic rings. The van der Waals surface area contributed by atoms with Crippen LogP contribution >= 0.6 is 27.5 Å². The van der Waals surface area contributed by atoms with E-state index >= 15 is 0 Å². The van der Waals surface area contributed by atoms with E-state index in [2.05, 4.69) is 36.2 Å². The van der Waals surface area contributed by atoms with Crippen molar-refractivity contribution in [2.75, 3.05) is 31.5 Å². The lowest BCUT2D eigenvalue weighted by Gasteiger charge is -2.28. The zero-order valence-corrected chi connectivity index (χ0v) is 13.7. The first-order valence-corrected chi connectivity index (χ1v) is 8.10. The van der Waals surface area contributed by atoms with Gasteiger partial charge in [-0.1, -0.05) is 11.6 Å². The molecule has 0 unspecified atom stereocenters. The van der Waals surface area contributed by atoms with Crippen LogP contribution in [-0.2, 0) is 0 Å². The van der Waals surface area contributed by atoms with Crippen molar-refractivity contribution in [3.63, 3.8) is 0 Å². The van der Waals surface area contributed by atoms with Crippen LogP contribution in [0.4, 0.5) is 10.2 Å². The molecular weight excluding hydrogens is 361 g/mol. The number of nitrogens with zero attached hydrogens (tertiary/aromatic N) is 4. The molecule has 1 fully saturated rings. The predicted octanol–water partition coefficient (Wildman–Crippen LogP) is 2.99. The Morgan fingerprint density at radius 1 is 1.43 bits per heavy atom. The van der Waals surface area contributed by atoms with Crippen molar-refractivity contribution >= 4 is 39.0 Å². The molecule has 3 rings (SSSR count). The average Bonchev–Trinajstić information content (AvgIpc) is 2.83. The molecule has 0 bridgehead atoms. The minimum Gasteiger partial charge on any atom is -0.369 e. The van der Waals surface area contributed by atoms with Crippen molar-refractivity contribution in [2.45, 2.75) is 19.0 Å². The lowest BCUT2D eigenvalue weighted by atomic mass is 10.1. The van der Waals surface area contributed by atoms with E-state index in [1.165, 1.54) is 0 Å². The molecule has 8 heteroatoms. The minimum atomic E-state index is -0.630. The van der Waals surface area contributed by atoms with Crippen molar-refractivity contribution in [1.82, 2.24) is 19.5 Å². The summed E-state index contributed by atoms with van der Waals surface area (Å²) in [4.78, 5) is 6.49. The van der Waals surface area contributed by atoms with Gasteiger partial charge in [0.05, 0.1) is 10.7 Å². The first-order valence-electron chi connectivity index (χ1n) is 6.93. The van der Waals surface area contributed by atoms with E-state index in [-0.39, 0.29) is 0 Å². The first-order chi connectivity index (χ1) is 10.1. The molecule has 2 aromatic heterocycles. The highest BCUT2D eigenvalue weighted by Gasteiger charge is 2.17. The molecule has 21 heavy (non-hydrogen) atoms. The molecular formula is C13H16BrClFN5. The Labute approximate surface area is 135 Å². The first kappa shape index (κ1) is 15.0. The number of aromatic nitrogens is 3. The van der Waals surface area contributed by atoms with E-state index < -0.39 is 6.17 Å². The van der Waals surface area contributed by atoms with Crippen LogP contribution < -0.4 is 5.32 Å². The van der Waals surface area contributed by atoms with Crippen LogP contribution in [0.5, 0.6) is 0 Å². The third kappa shape index (κ3) is 3.46. The van der Waals surface area contributed by atoms with Gasteiger partial charge in [-0.05, 0) is 28.8 Å². The molecule has 114 valence electrons. The number of fused-ring (bicyclic) bond motifs is 1. The van der Waals surface area contributed by atoms with Crippen molar-refractivity contribution in [1.29, 1.82) is 0 Å². The summed E-state index contributed by atoms with van der Waals surface area (Å²) in [6, 6.07) is 1.75. The van der Waals surface area contributed by atoms with Gasteiger partial charge in [-0.15, -0.1) is 0 Å². The maximum Gasteiger partial charge on any atom is 0.173 e. The lowest BCUT2D eigenvalue weighted by molar-refractivity contribution is 0.155. The van der Waals surface area contributed by atoms with Gasteiger partial charge in [0.15, 0.2) is 5.65 Å². The smallest absolute Gasteiger partial charge is 0.173 e. The molecule has 1 saturated heterocycles. The fourth-order valence-corrected chi connectivity index (χ4v) is 3.03. The molecule has 1 aliphatic rings. The van der Waals surface area contributed by atoms with Gasteiger partial charge in [0, 0.05) is 32.2 Å². The van der Waals surface area contributed by atoms with E-state index in [0.29, 0.717) is 23.6 Å². The second-order valence-electron chi connectivity index (χ2n) is 5.14. The quantitative estimate of drug-likeness (QED) is 0.833. The van der Waals surface area contributed by atoms with Crippen LogP contribution in [0.3, 0.4) is 0 Å². The molecule has 0 aliphatic carbocycles. The summed E-state index contributed by atoms with van der Waals surface area (Å²) in [5, 5.41) is 8.00. The third-order valence-corrected chi connectivity index (χ3v) is 4.40. The second kappa shape index (κ2) is 6.46. The predicted molar refractivity (Wildman–Crippen MR) is 84.8 cm³/mol. The maximum atomic E-state index is 13.1. The number of hydrogen-bond acceptors (Lipinski definition) is 4. The van der Waals surface area contributed by atoms with Crippen LogP contribution in [0, 0.1) is 0 Å². The van der Waals surface area contributed by atoms with Gasteiger partial charge in [-0.3, -0.25) is 0 Å². The highest BCUT2D eigenvalue weighted by Crippen LogP contribution is 2.22. The summed E-state index contributed by atoms with van der Waals surface area (Å²) in [5.74, 6) is 0.802. The molecule has 1 N–H and O–H groups in total. The maximum absolute atomic E-state index is 13.1. The second-order valence-corrected chi connectivity index (χ2v) is 6.38.